The molecule has 16 heteroatoms. The molecule has 0 bridgehead atoms. The molecule has 2 saturated carbocycles. The second kappa shape index (κ2) is 12.9. The molecule has 2 unspecified atom stereocenters. The van der Waals surface area contributed by atoms with Gasteiger partial charge in [0.25, 0.3) is 0 Å². The highest BCUT2D eigenvalue weighted by atomic mass is 28.4. The first-order valence-corrected chi connectivity index (χ1v) is 16.1. The van der Waals surface area contributed by atoms with Crippen molar-refractivity contribution in [2.45, 2.75) is 131 Å². The summed E-state index contributed by atoms with van der Waals surface area (Å²) in [7, 11) is -2.95. The minimum atomic E-state index is -5.43. The van der Waals surface area contributed by atoms with Gasteiger partial charge in [0, 0.05) is 6.08 Å². The average Bonchev–Trinajstić information content (AvgIpc) is 2.81. The zero-order valence-electron chi connectivity index (χ0n) is 22.4. The highest BCUT2D eigenvalue weighted by Gasteiger charge is 2.69. The van der Waals surface area contributed by atoms with Crippen molar-refractivity contribution in [3.8, 4) is 0 Å². The number of aliphatic hydroxyl groups excluding tert-OH is 1. The molecule has 0 radical (unpaired) electrons. The molecule has 0 spiro atoms. The lowest BCUT2D eigenvalue weighted by Gasteiger charge is -2.46. The van der Waals surface area contributed by atoms with Crippen LogP contribution in [0.15, 0.2) is 12.7 Å². The summed E-state index contributed by atoms with van der Waals surface area (Å²) in [5.74, 6) is -10.1. The first-order chi connectivity index (χ1) is 17.9. The van der Waals surface area contributed by atoms with Crippen LogP contribution in [0.1, 0.15) is 64.2 Å². The summed E-state index contributed by atoms with van der Waals surface area (Å²) in [5, 5.41) is 18.1. The summed E-state index contributed by atoms with van der Waals surface area (Å²) in [6.07, 6.45) is -16.6. The highest BCUT2D eigenvalue weighted by Crippen LogP contribution is 2.50. The van der Waals surface area contributed by atoms with Gasteiger partial charge in [-0.2, -0.15) is 35.1 Å². The van der Waals surface area contributed by atoms with Crippen LogP contribution >= 0.6 is 0 Å². The maximum atomic E-state index is 15.0. The standard InChI is InChI=1S/C15H23F5O3Si.C9H13F5O2/c1-5-11(21)22-13(9-7-6-8-10-13)14(16,17)12(15(18,19)20)23-24(2,3)4;10-8(11,6(15)9(12,13)14)7(16)4-2-1-3-5-7/h5,12H,1,6-10H2,2-4H3;6,15-16H,1-5H2. The van der Waals surface area contributed by atoms with Gasteiger partial charge in [0.1, 0.15) is 5.60 Å². The molecule has 0 amide bonds. The van der Waals surface area contributed by atoms with Crippen LogP contribution in [-0.4, -0.2) is 72.1 Å². The smallest absolute Gasteiger partial charge is 0.420 e. The Labute approximate surface area is 227 Å². The second-order valence-corrected chi connectivity index (χ2v) is 15.6. The Morgan fingerprint density at radius 3 is 1.57 bits per heavy atom. The largest absolute Gasteiger partial charge is 0.449 e. The van der Waals surface area contributed by atoms with E-state index in [4.69, 9.17) is 14.3 Å². The van der Waals surface area contributed by atoms with Crippen LogP contribution in [0, 0.1) is 0 Å². The van der Waals surface area contributed by atoms with E-state index in [1.54, 1.807) is 0 Å². The Hall–Kier alpha value is -1.39. The molecule has 2 aliphatic rings. The molecule has 0 aromatic heterocycles. The SMILES string of the molecule is C=CC(=O)OC1(C(F)(F)C(O[Si](C)(C)C)C(F)(F)F)CCCCC1.OC(C(F)(F)F)C(F)(F)C1(O)CCCCC1. The van der Waals surface area contributed by atoms with Crippen LogP contribution in [0.25, 0.3) is 0 Å². The fraction of sp³-hybridized carbons (Fsp3) is 0.875. The molecule has 2 fully saturated rings. The summed E-state index contributed by atoms with van der Waals surface area (Å²) in [4.78, 5) is 11.5. The van der Waals surface area contributed by atoms with Crippen LogP contribution in [-0.2, 0) is 14.0 Å². The Kier molecular flexibility index (Phi) is 11.8. The van der Waals surface area contributed by atoms with Crippen molar-refractivity contribution >= 4 is 14.3 Å². The Morgan fingerprint density at radius 2 is 1.23 bits per heavy atom. The molecule has 0 heterocycles. The number of halogens is 10. The summed E-state index contributed by atoms with van der Waals surface area (Å²) >= 11 is 0. The van der Waals surface area contributed by atoms with Crippen LogP contribution < -0.4 is 0 Å². The van der Waals surface area contributed by atoms with Gasteiger partial charge in [0.15, 0.2) is 13.9 Å². The fourth-order valence-corrected chi connectivity index (χ4v) is 5.72. The molecule has 2 atom stereocenters. The van der Waals surface area contributed by atoms with E-state index >= 15 is 8.78 Å². The maximum absolute atomic E-state index is 15.0. The number of carbonyl (C=O) groups is 1. The lowest BCUT2D eigenvalue weighted by molar-refractivity contribution is -0.318. The normalized spacial score (nSPS) is 21.9. The lowest BCUT2D eigenvalue weighted by Crippen LogP contribution is -2.64. The maximum Gasteiger partial charge on any atom is 0.420 e. The third-order valence-electron chi connectivity index (χ3n) is 6.78. The predicted molar refractivity (Wildman–Crippen MR) is 126 cm³/mol. The Bertz CT molecular complexity index is 842. The van der Waals surface area contributed by atoms with Gasteiger partial charge in [-0.3, -0.25) is 0 Å². The molecule has 0 saturated heterocycles. The second-order valence-electron chi connectivity index (χ2n) is 11.1. The summed E-state index contributed by atoms with van der Waals surface area (Å²) in [6.45, 7) is 7.31. The zero-order valence-corrected chi connectivity index (χ0v) is 23.4. The monoisotopic (exact) mass is 622 g/mol. The highest BCUT2D eigenvalue weighted by molar-refractivity contribution is 6.69. The third-order valence-corrected chi connectivity index (χ3v) is 7.73. The van der Waals surface area contributed by atoms with E-state index < -0.39 is 74.7 Å². The Balaban J connectivity index is 0.000000433. The predicted octanol–water partition coefficient (Wildman–Crippen LogP) is 7.08. The van der Waals surface area contributed by atoms with Gasteiger partial charge in [-0.25, -0.2) is 13.6 Å². The van der Waals surface area contributed by atoms with E-state index in [1.165, 1.54) is 19.6 Å². The fourth-order valence-electron chi connectivity index (χ4n) is 4.73. The van der Waals surface area contributed by atoms with E-state index in [1.807, 2.05) is 0 Å². The topological polar surface area (TPSA) is 76.0 Å². The van der Waals surface area contributed by atoms with Crippen molar-refractivity contribution in [3.63, 3.8) is 0 Å². The van der Waals surface area contributed by atoms with Crippen LogP contribution in [0.5, 0.6) is 0 Å². The van der Waals surface area contributed by atoms with Gasteiger partial charge in [-0.15, -0.1) is 0 Å². The van der Waals surface area contributed by atoms with Crippen molar-refractivity contribution in [1.82, 2.24) is 0 Å². The lowest BCUT2D eigenvalue weighted by atomic mass is 9.77. The number of esters is 1. The van der Waals surface area contributed by atoms with E-state index in [9.17, 15) is 45.0 Å². The molecule has 40 heavy (non-hydrogen) atoms. The summed E-state index contributed by atoms with van der Waals surface area (Å²) < 4.78 is 143. The first kappa shape index (κ1) is 36.6. The van der Waals surface area contributed by atoms with Crippen molar-refractivity contribution in [1.29, 1.82) is 0 Å². The van der Waals surface area contributed by atoms with Crippen LogP contribution in [0.2, 0.25) is 19.6 Å². The molecular weight excluding hydrogens is 586 g/mol. The Morgan fingerprint density at radius 1 is 0.800 bits per heavy atom. The van der Waals surface area contributed by atoms with Gasteiger partial charge in [-0.05, 0) is 58.2 Å². The molecule has 0 aliphatic heterocycles. The number of aliphatic hydroxyl groups is 2. The number of rotatable bonds is 8. The molecule has 0 aromatic carbocycles. The van der Waals surface area contributed by atoms with Crippen LogP contribution in [0.4, 0.5) is 43.9 Å². The van der Waals surface area contributed by atoms with E-state index in [0.717, 1.165) is 0 Å². The number of ether oxygens (including phenoxy) is 1. The summed E-state index contributed by atoms with van der Waals surface area (Å²) in [6, 6.07) is 0. The molecule has 2 rings (SSSR count). The number of alkyl halides is 10. The van der Waals surface area contributed by atoms with Gasteiger partial charge in [0.2, 0.25) is 12.2 Å². The van der Waals surface area contributed by atoms with Crippen LogP contribution in [0.3, 0.4) is 0 Å². The zero-order chi connectivity index (χ0) is 31.4. The van der Waals surface area contributed by atoms with Crippen molar-refractivity contribution in [2.75, 3.05) is 0 Å². The summed E-state index contributed by atoms with van der Waals surface area (Å²) in [5.41, 5.74) is -5.28. The number of hydrogen-bond acceptors (Lipinski definition) is 5. The number of hydrogen-bond donors (Lipinski definition) is 2. The first-order valence-electron chi connectivity index (χ1n) is 12.7. The van der Waals surface area contributed by atoms with E-state index in [-0.39, 0.29) is 38.5 Å². The molecule has 0 aromatic rings. The van der Waals surface area contributed by atoms with Gasteiger partial charge < -0.3 is 19.4 Å². The van der Waals surface area contributed by atoms with Crippen molar-refractivity contribution in [2.24, 2.45) is 0 Å². The molecule has 236 valence electrons. The quantitative estimate of drug-likeness (QED) is 0.131. The molecular formula is C24H36F10O5Si. The third kappa shape index (κ3) is 8.80. The van der Waals surface area contributed by atoms with Crippen molar-refractivity contribution < 1.29 is 68.1 Å². The number of carbonyl (C=O) groups excluding carboxylic acids is 1. The van der Waals surface area contributed by atoms with Gasteiger partial charge in [-0.1, -0.05) is 32.3 Å². The molecule has 5 nitrogen and oxygen atoms in total. The minimum Gasteiger partial charge on any atom is -0.449 e. The van der Waals surface area contributed by atoms with E-state index in [2.05, 4.69) is 6.58 Å². The van der Waals surface area contributed by atoms with Gasteiger partial charge in [0.05, 0.1) is 0 Å². The minimum absolute atomic E-state index is 0.233. The molecule has 2 aliphatic carbocycles. The van der Waals surface area contributed by atoms with Gasteiger partial charge >= 0.3 is 30.2 Å². The van der Waals surface area contributed by atoms with E-state index in [0.29, 0.717) is 18.9 Å². The molecule has 2 N–H and O–H groups in total. The average molecular weight is 623 g/mol. The van der Waals surface area contributed by atoms with Crippen molar-refractivity contribution in [3.05, 3.63) is 12.7 Å².